The fourth-order valence-corrected chi connectivity index (χ4v) is 12.9. The van der Waals surface area contributed by atoms with Crippen LogP contribution in [0.1, 0.15) is 73.6 Å². The van der Waals surface area contributed by atoms with Crippen LogP contribution in [0.15, 0.2) is 316 Å². The number of nitrogens with zero attached hydrogens (tertiary/aromatic N) is 4. The smallest absolute Gasteiger partial charge is 0.0697 e. The monoisotopic (exact) mass is 1630 g/mol. The second-order valence-electron chi connectivity index (χ2n) is 23.7. The fourth-order valence-electron chi connectivity index (χ4n) is 11.9. The number of aromatic nitrogens is 4. The van der Waals surface area contributed by atoms with Crippen LogP contribution in [-0.2, 0) is 65.9 Å². The van der Waals surface area contributed by atoms with Gasteiger partial charge in [0, 0.05) is 68.5 Å². The second kappa shape index (κ2) is 37.8. The molecule has 0 amide bonds. The first-order valence-corrected chi connectivity index (χ1v) is 34.1. The first kappa shape index (κ1) is 70.4. The molecule has 0 fully saturated rings. The van der Waals surface area contributed by atoms with Crippen molar-refractivity contribution in [2.75, 3.05) is 0 Å². The van der Waals surface area contributed by atoms with Gasteiger partial charge in [0.15, 0.2) is 0 Å². The number of para-hydroxylation sites is 1. The Bertz CT molecular complexity index is 4640. The van der Waals surface area contributed by atoms with E-state index in [1.54, 1.807) is 11.3 Å². The van der Waals surface area contributed by atoms with Crippen molar-refractivity contribution in [3.8, 4) is 66.6 Å². The third-order valence-corrected chi connectivity index (χ3v) is 18.0. The summed E-state index contributed by atoms with van der Waals surface area (Å²) in [5.41, 5.74) is 18.9. The van der Waals surface area contributed by atoms with E-state index in [4.69, 9.17) is 4.98 Å². The molecule has 0 saturated heterocycles. The molecule has 0 atom stereocenters. The van der Waals surface area contributed by atoms with E-state index in [1.165, 1.54) is 135 Å². The average Bonchev–Trinajstić information content (AvgIpc) is 1.85. The van der Waals surface area contributed by atoms with Crippen molar-refractivity contribution in [3.05, 3.63) is 362 Å². The molecule has 0 aliphatic rings. The van der Waals surface area contributed by atoms with Gasteiger partial charge in [0.25, 0.3) is 0 Å². The summed E-state index contributed by atoms with van der Waals surface area (Å²) in [4.78, 5) is 18.2. The first-order valence-electron chi connectivity index (χ1n) is 33.3. The minimum Gasteiger partial charge on any atom is -0.305 e. The second-order valence-corrected chi connectivity index (χ2v) is 24.7. The van der Waals surface area contributed by atoms with Gasteiger partial charge in [-0.15, -0.1) is 143 Å². The van der Waals surface area contributed by atoms with Gasteiger partial charge >= 0.3 is 0 Å². The summed E-state index contributed by atoms with van der Waals surface area (Å²) in [5.74, 6) is 0. The molecule has 0 aliphatic carbocycles. The van der Waals surface area contributed by atoms with E-state index in [9.17, 15) is 0 Å². The number of fused-ring (bicyclic) bond motifs is 3. The number of aryl methyl sites for hydroxylation is 4. The molecule has 4 aromatic heterocycles. The zero-order valence-electron chi connectivity index (χ0n) is 54.4. The molecule has 97 heavy (non-hydrogen) atoms. The third kappa shape index (κ3) is 20.6. The molecule has 0 saturated carbocycles. The topological polar surface area (TPSA) is 51.6 Å². The van der Waals surface area contributed by atoms with Crippen molar-refractivity contribution >= 4 is 43.1 Å². The van der Waals surface area contributed by atoms with Crippen molar-refractivity contribution in [1.82, 2.24) is 19.9 Å². The predicted octanol–water partition coefficient (Wildman–Crippen LogP) is 23.7. The number of thiazole rings is 1. The zero-order valence-corrected chi connectivity index (χ0v) is 60.0. The molecule has 4 nitrogen and oxygen atoms in total. The summed E-state index contributed by atoms with van der Waals surface area (Å²) in [6.07, 6.45) is 20.4. The van der Waals surface area contributed by atoms with Gasteiger partial charge in [0.2, 0.25) is 0 Å². The molecule has 0 spiro atoms. The summed E-state index contributed by atoms with van der Waals surface area (Å²) >= 11 is 1.73. The van der Waals surface area contributed by atoms with Crippen molar-refractivity contribution in [1.29, 1.82) is 0 Å². The number of hydrogen-bond acceptors (Lipinski definition) is 5. The van der Waals surface area contributed by atoms with Crippen molar-refractivity contribution < 1.29 is 40.2 Å². The predicted molar refractivity (Wildman–Crippen MR) is 400 cm³/mol. The van der Waals surface area contributed by atoms with Gasteiger partial charge in [-0.25, -0.2) is 0 Å². The Morgan fingerprint density at radius 1 is 0.289 bits per heavy atom. The molecule has 2 radical (unpaired) electrons. The number of pyridine rings is 3. The maximum absolute atomic E-state index is 4.81. The van der Waals surface area contributed by atoms with Crippen LogP contribution in [0.4, 0.5) is 0 Å². The Kier molecular flexibility index (Phi) is 27.4. The molecule has 0 N–H and O–H groups in total. The molecule has 4 heterocycles. The Morgan fingerprint density at radius 2 is 0.722 bits per heavy atom. The average molecular weight is 1630 g/mol. The van der Waals surface area contributed by atoms with Crippen molar-refractivity contribution in [3.63, 3.8) is 0 Å². The summed E-state index contributed by atoms with van der Waals surface area (Å²) in [6, 6.07) is 116. The maximum Gasteiger partial charge on any atom is 0.0697 e. The SMILES string of the molecule is [Ir].[Ir].[c-]1ccc(-c2cccc(CCCCCCc3ccccc3)c2)cc1-c1ccccn1.[c-]1ccc(-c2cccc(CCCCCCc3ccccc3)c2)cc1-c1nc2ccccc2s1.[c-]1ccccc1-c1nccc2ccccc12.[c-]1ccccc1-c1nccc2ccccc12. The van der Waals surface area contributed by atoms with Gasteiger partial charge in [0.05, 0.1) is 5.52 Å². The molecule has 11 aromatic carbocycles. The molecule has 0 bridgehead atoms. The largest absolute Gasteiger partial charge is 0.305 e. The van der Waals surface area contributed by atoms with E-state index < -0.39 is 0 Å². The molecule has 484 valence electrons. The first-order chi connectivity index (χ1) is 47.1. The zero-order chi connectivity index (χ0) is 64.3. The fraction of sp³-hybridized carbons (Fsp3) is 0.133. The van der Waals surface area contributed by atoms with Gasteiger partial charge in [-0.05, 0) is 154 Å². The summed E-state index contributed by atoms with van der Waals surface area (Å²) < 4.78 is 1.22. The number of benzene rings is 11. The minimum absolute atomic E-state index is 0. The summed E-state index contributed by atoms with van der Waals surface area (Å²) in [5, 5.41) is 5.80. The molecule has 7 heteroatoms. The van der Waals surface area contributed by atoms with Crippen LogP contribution >= 0.6 is 11.3 Å². The summed E-state index contributed by atoms with van der Waals surface area (Å²) in [7, 11) is 0. The number of unbranched alkanes of at least 4 members (excludes halogenated alkanes) is 6. The number of rotatable bonds is 20. The van der Waals surface area contributed by atoms with Gasteiger partial charge in [-0.2, -0.15) is 11.3 Å². The Hall–Kier alpha value is -9.42. The number of hydrogen-bond donors (Lipinski definition) is 0. The molecule has 0 aliphatic heterocycles. The van der Waals surface area contributed by atoms with Crippen LogP contribution in [-0.4, -0.2) is 19.9 Å². The van der Waals surface area contributed by atoms with Gasteiger partial charge in [-0.1, -0.05) is 208 Å². The Labute approximate surface area is 604 Å². The third-order valence-electron chi connectivity index (χ3n) is 16.9. The maximum atomic E-state index is 4.81. The van der Waals surface area contributed by atoms with Gasteiger partial charge < -0.3 is 15.0 Å². The van der Waals surface area contributed by atoms with Crippen LogP contribution in [0.25, 0.3) is 98.4 Å². The quantitative estimate of drug-likeness (QED) is 0.0564. The van der Waals surface area contributed by atoms with Crippen LogP contribution < -0.4 is 0 Å². The van der Waals surface area contributed by atoms with E-state index in [0.717, 1.165) is 62.7 Å². The van der Waals surface area contributed by atoms with E-state index >= 15 is 0 Å². The van der Waals surface area contributed by atoms with Crippen LogP contribution in [0.2, 0.25) is 0 Å². The van der Waals surface area contributed by atoms with Crippen LogP contribution in [0, 0.1) is 24.3 Å². The van der Waals surface area contributed by atoms with E-state index in [2.05, 4.69) is 215 Å². The van der Waals surface area contributed by atoms with E-state index in [1.807, 2.05) is 140 Å². The normalized spacial score (nSPS) is 10.6. The molecule has 15 rings (SSSR count). The molecule has 15 aromatic rings. The van der Waals surface area contributed by atoms with Gasteiger partial charge in [-0.3, -0.25) is 4.98 Å². The molecule has 0 unspecified atom stereocenters. The van der Waals surface area contributed by atoms with E-state index in [0.29, 0.717) is 0 Å². The van der Waals surface area contributed by atoms with Crippen molar-refractivity contribution in [2.45, 2.75) is 77.0 Å². The molecular weight excluding hydrogens is 1550 g/mol. The Morgan fingerprint density at radius 3 is 1.23 bits per heavy atom. The van der Waals surface area contributed by atoms with Gasteiger partial charge in [0.1, 0.15) is 0 Å². The van der Waals surface area contributed by atoms with Crippen LogP contribution in [0.5, 0.6) is 0 Å². The standard InChI is InChI=1S/C31H28NS.C29H28N.2C15H10N.2Ir/c1(4-12-24-13-6-3-7-14-24)2-5-15-25-16-10-17-26(22-25)27-18-11-19-28(23-27)31-32-29-20-8-9-21-30(29)33-31;1(4-12-24-13-6-3-7-14-24)2-5-15-25-16-10-17-26(22-25)27-18-11-19-28(23-27)29-20-8-9-21-30-29;2*1-2-7-13(8-3-1)15-14-9-5-4-6-12(14)10-11-16-15;;/h3,6-11,13-14,16-18,20-23H,1-2,4-5,12,15H2;3,6-11,13-14,16-18,20-23H,1-2,4-5,12,15H2;2*1-7,9-11H;;/q4*-1;;. The van der Waals surface area contributed by atoms with E-state index in [-0.39, 0.29) is 40.2 Å². The van der Waals surface area contributed by atoms with Crippen molar-refractivity contribution in [2.24, 2.45) is 0 Å². The summed E-state index contributed by atoms with van der Waals surface area (Å²) in [6.45, 7) is 0. The molecular formula is C90H76Ir2N4S-4. The van der Waals surface area contributed by atoms with Crippen LogP contribution in [0.3, 0.4) is 0 Å². The Balaban J connectivity index is 0.000000146. The minimum atomic E-state index is 0.